The van der Waals surface area contributed by atoms with E-state index >= 15 is 0 Å². The van der Waals surface area contributed by atoms with Crippen molar-refractivity contribution < 1.29 is 9.53 Å². The average Bonchev–Trinajstić information content (AvgIpc) is 2.70. The molecule has 1 N–H and O–H groups in total. The molecule has 0 unspecified atom stereocenters. The Kier molecular flexibility index (Phi) is 3.94. The predicted molar refractivity (Wildman–Crippen MR) is 75.9 cm³/mol. The van der Waals surface area contributed by atoms with Crippen LogP contribution in [-0.2, 0) is 9.53 Å². The number of hydrogen-bond acceptors (Lipinski definition) is 3. The molecule has 2 aliphatic rings. The first-order valence-corrected chi connectivity index (χ1v) is 7.36. The number of morpholine rings is 1. The summed E-state index contributed by atoms with van der Waals surface area (Å²) in [7, 11) is 0. The van der Waals surface area contributed by atoms with Crippen LogP contribution in [0.2, 0.25) is 0 Å². The van der Waals surface area contributed by atoms with Crippen molar-refractivity contribution in [1.29, 1.82) is 0 Å². The minimum absolute atomic E-state index is 0.146. The number of carbonyl (C=O) groups excluding carboxylic acids is 1. The number of hydrogen-bond donors (Lipinski definition) is 1. The van der Waals surface area contributed by atoms with Gasteiger partial charge in [-0.25, -0.2) is 0 Å². The lowest BCUT2D eigenvalue weighted by Gasteiger charge is -2.26. The van der Waals surface area contributed by atoms with E-state index in [4.69, 9.17) is 4.74 Å². The van der Waals surface area contributed by atoms with Gasteiger partial charge in [0.05, 0.1) is 19.8 Å². The van der Waals surface area contributed by atoms with Gasteiger partial charge in [-0.05, 0) is 23.7 Å². The largest absolute Gasteiger partial charge is 0.379 e. The van der Waals surface area contributed by atoms with Crippen LogP contribution in [0.4, 0.5) is 0 Å². The van der Waals surface area contributed by atoms with Crippen LogP contribution in [0.3, 0.4) is 0 Å². The lowest BCUT2D eigenvalue weighted by molar-refractivity contribution is -0.124. The minimum atomic E-state index is 0.146. The molecule has 2 rings (SSSR count). The SMILES string of the molecule is C[C@H](NC(=O)CN1CCOCC1)C1C(C)(C)C1(C)C. The Labute approximate surface area is 116 Å². The first-order chi connectivity index (χ1) is 8.76. The number of nitrogens with one attached hydrogen (secondary N) is 1. The molecule has 0 aromatic carbocycles. The fourth-order valence-corrected chi connectivity index (χ4v) is 3.84. The second-order valence-electron chi connectivity index (χ2n) is 7.17. The molecule has 1 amide bonds. The van der Waals surface area contributed by atoms with Crippen LogP contribution in [0.25, 0.3) is 0 Å². The highest BCUT2D eigenvalue weighted by molar-refractivity contribution is 5.78. The maximum Gasteiger partial charge on any atom is 0.234 e. The Morgan fingerprint density at radius 2 is 1.79 bits per heavy atom. The highest BCUT2D eigenvalue weighted by Gasteiger charge is 2.66. The van der Waals surface area contributed by atoms with E-state index < -0.39 is 0 Å². The molecule has 0 bridgehead atoms. The maximum absolute atomic E-state index is 12.1. The summed E-state index contributed by atoms with van der Waals surface area (Å²) in [6.45, 7) is 15.0. The van der Waals surface area contributed by atoms with E-state index in [0.717, 1.165) is 26.3 Å². The molecule has 2 fully saturated rings. The quantitative estimate of drug-likeness (QED) is 0.840. The molecular formula is C15H28N2O2. The van der Waals surface area contributed by atoms with Gasteiger partial charge < -0.3 is 10.1 Å². The Morgan fingerprint density at radius 3 is 2.26 bits per heavy atom. The zero-order valence-corrected chi connectivity index (χ0v) is 13.0. The second kappa shape index (κ2) is 5.06. The molecule has 0 aromatic heterocycles. The van der Waals surface area contributed by atoms with Gasteiger partial charge >= 0.3 is 0 Å². The molecule has 19 heavy (non-hydrogen) atoms. The summed E-state index contributed by atoms with van der Waals surface area (Å²) in [5, 5.41) is 3.18. The smallest absolute Gasteiger partial charge is 0.234 e. The van der Waals surface area contributed by atoms with Crippen molar-refractivity contribution in [2.45, 2.75) is 40.7 Å². The summed E-state index contributed by atoms with van der Waals surface area (Å²) in [4.78, 5) is 14.2. The molecule has 1 heterocycles. The molecule has 110 valence electrons. The van der Waals surface area contributed by atoms with Gasteiger partial charge in [0.2, 0.25) is 5.91 Å². The molecule has 0 spiro atoms. The van der Waals surface area contributed by atoms with Crippen molar-refractivity contribution in [2.24, 2.45) is 16.7 Å². The third kappa shape index (κ3) is 2.79. The monoisotopic (exact) mass is 268 g/mol. The molecule has 1 aliphatic heterocycles. The van der Waals surface area contributed by atoms with E-state index in [1.54, 1.807) is 0 Å². The molecule has 1 aliphatic carbocycles. The minimum Gasteiger partial charge on any atom is -0.379 e. The summed E-state index contributed by atoms with van der Waals surface area (Å²) in [5.41, 5.74) is 0.636. The fraction of sp³-hybridized carbons (Fsp3) is 0.933. The summed E-state index contributed by atoms with van der Waals surface area (Å²) in [6, 6.07) is 0.249. The Balaban J connectivity index is 1.79. The third-order valence-corrected chi connectivity index (χ3v) is 5.49. The van der Waals surface area contributed by atoms with Crippen molar-refractivity contribution in [3.05, 3.63) is 0 Å². The van der Waals surface area contributed by atoms with E-state index in [1.165, 1.54) is 0 Å². The van der Waals surface area contributed by atoms with Crippen LogP contribution in [0.5, 0.6) is 0 Å². The summed E-state index contributed by atoms with van der Waals surface area (Å²) in [6.07, 6.45) is 0. The normalized spacial score (nSPS) is 27.8. The Bertz CT molecular complexity index is 332. The molecule has 4 nitrogen and oxygen atoms in total. The molecule has 0 radical (unpaired) electrons. The van der Waals surface area contributed by atoms with Crippen LogP contribution in [0.1, 0.15) is 34.6 Å². The van der Waals surface area contributed by atoms with Crippen molar-refractivity contribution in [2.75, 3.05) is 32.8 Å². The maximum atomic E-state index is 12.1. The summed E-state index contributed by atoms with van der Waals surface area (Å²) < 4.78 is 5.29. The van der Waals surface area contributed by atoms with E-state index in [2.05, 4.69) is 44.8 Å². The number of ether oxygens (including phenoxy) is 1. The highest BCUT2D eigenvalue weighted by Crippen LogP contribution is 2.69. The van der Waals surface area contributed by atoms with Crippen LogP contribution in [0, 0.1) is 16.7 Å². The van der Waals surface area contributed by atoms with Gasteiger partial charge in [-0.2, -0.15) is 0 Å². The van der Waals surface area contributed by atoms with Crippen LogP contribution in [-0.4, -0.2) is 49.7 Å². The van der Waals surface area contributed by atoms with Crippen LogP contribution in [0.15, 0.2) is 0 Å². The number of amides is 1. The van der Waals surface area contributed by atoms with Gasteiger partial charge in [0.15, 0.2) is 0 Å². The van der Waals surface area contributed by atoms with Gasteiger partial charge in [-0.1, -0.05) is 27.7 Å². The topological polar surface area (TPSA) is 41.6 Å². The van der Waals surface area contributed by atoms with Gasteiger partial charge in [0.1, 0.15) is 0 Å². The standard InChI is InChI=1S/C15H28N2O2/c1-11(13-14(2,3)15(13,4)5)16-12(18)10-17-6-8-19-9-7-17/h11,13H,6-10H2,1-5H3,(H,16,18)/t11-/m0/s1. The first kappa shape index (κ1) is 14.8. The lowest BCUT2D eigenvalue weighted by atomic mass is 10.0. The van der Waals surface area contributed by atoms with E-state index in [9.17, 15) is 4.79 Å². The highest BCUT2D eigenvalue weighted by atomic mass is 16.5. The van der Waals surface area contributed by atoms with E-state index in [-0.39, 0.29) is 11.9 Å². The molecule has 1 saturated carbocycles. The molecule has 1 saturated heterocycles. The zero-order chi connectivity index (χ0) is 14.3. The average molecular weight is 268 g/mol. The molecule has 4 heteroatoms. The number of rotatable bonds is 4. The van der Waals surface area contributed by atoms with Crippen molar-refractivity contribution >= 4 is 5.91 Å². The number of carbonyl (C=O) groups is 1. The Morgan fingerprint density at radius 1 is 1.26 bits per heavy atom. The van der Waals surface area contributed by atoms with Crippen molar-refractivity contribution in [1.82, 2.24) is 10.2 Å². The first-order valence-electron chi connectivity index (χ1n) is 7.36. The molecule has 1 atom stereocenters. The predicted octanol–water partition coefficient (Wildman–Crippen LogP) is 1.51. The van der Waals surface area contributed by atoms with Crippen molar-refractivity contribution in [3.63, 3.8) is 0 Å². The van der Waals surface area contributed by atoms with Gasteiger partial charge in [0.25, 0.3) is 0 Å². The summed E-state index contributed by atoms with van der Waals surface area (Å²) in [5.74, 6) is 0.710. The van der Waals surface area contributed by atoms with E-state index in [0.29, 0.717) is 23.3 Å². The lowest BCUT2D eigenvalue weighted by Crippen LogP contribution is -2.46. The van der Waals surface area contributed by atoms with Gasteiger partial charge in [-0.3, -0.25) is 9.69 Å². The van der Waals surface area contributed by atoms with Gasteiger partial charge in [-0.15, -0.1) is 0 Å². The van der Waals surface area contributed by atoms with Crippen LogP contribution >= 0.6 is 0 Å². The fourth-order valence-electron chi connectivity index (χ4n) is 3.84. The van der Waals surface area contributed by atoms with E-state index in [1.807, 2.05) is 0 Å². The van der Waals surface area contributed by atoms with Crippen LogP contribution < -0.4 is 5.32 Å². The molecular weight excluding hydrogens is 240 g/mol. The second-order valence-corrected chi connectivity index (χ2v) is 7.17. The third-order valence-electron chi connectivity index (χ3n) is 5.49. The van der Waals surface area contributed by atoms with Gasteiger partial charge in [0, 0.05) is 19.1 Å². The van der Waals surface area contributed by atoms with Crippen molar-refractivity contribution in [3.8, 4) is 0 Å². The molecule has 0 aromatic rings. The zero-order valence-electron chi connectivity index (χ0n) is 13.0. The Hall–Kier alpha value is -0.610. The summed E-state index contributed by atoms with van der Waals surface area (Å²) >= 11 is 0. The number of nitrogens with zero attached hydrogens (tertiary/aromatic N) is 1.